The SMILES string of the molecule is COc1ccc(OC2C[C@@H]3CN(C(=O)OCc4ccccc4)C[C@@H]3C2)cc1. The summed E-state index contributed by atoms with van der Waals surface area (Å²) in [4.78, 5) is 14.2. The van der Waals surface area contributed by atoms with Crippen LogP contribution in [0.5, 0.6) is 11.5 Å². The van der Waals surface area contributed by atoms with Crippen molar-refractivity contribution >= 4 is 6.09 Å². The summed E-state index contributed by atoms with van der Waals surface area (Å²) in [5.41, 5.74) is 1.01. The average molecular weight is 367 g/mol. The van der Waals surface area contributed by atoms with Gasteiger partial charge in [0.05, 0.1) is 13.2 Å². The standard InChI is InChI=1S/C22H25NO4/c1-25-19-7-9-20(10-8-19)27-21-11-17-13-23(14-18(17)12-21)22(24)26-15-16-5-3-2-4-6-16/h2-10,17-18,21H,11-15H2,1H3/t17-,18+,21?. The summed E-state index contributed by atoms with van der Waals surface area (Å²) in [6.07, 6.45) is 1.98. The van der Waals surface area contributed by atoms with Gasteiger partial charge in [0.2, 0.25) is 0 Å². The molecule has 0 radical (unpaired) electrons. The van der Waals surface area contributed by atoms with Crippen LogP contribution in [0.25, 0.3) is 0 Å². The van der Waals surface area contributed by atoms with Crippen molar-refractivity contribution in [2.24, 2.45) is 11.8 Å². The molecule has 2 aromatic rings. The molecule has 5 nitrogen and oxygen atoms in total. The zero-order chi connectivity index (χ0) is 18.6. The molecule has 1 aliphatic carbocycles. The molecule has 2 fully saturated rings. The molecule has 0 N–H and O–H groups in total. The predicted molar refractivity (Wildman–Crippen MR) is 102 cm³/mol. The Kier molecular flexibility index (Phi) is 5.19. The lowest BCUT2D eigenvalue weighted by Crippen LogP contribution is -2.31. The second kappa shape index (κ2) is 7.91. The largest absolute Gasteiger partial charge is 0.497 e. The fraction of sp³-hybridized carbons (Fsp3) is 0.409. The molecular weight excluding hydrogens is 342 g/mol. The number of rotatable bonds is 5. The van der Waals surface area contributed by atoms with Gasteiger partial charge < -0.3 is 19.1 Å². The number of nitrogens with zero attached hydrogens (tertiary/aromatic N) is 1. The van der Waals surface area contributed by atoms with Crippen molar-refractivity contribution < 1.29 is 19.0 Å². The molecule has 5 heteroatoms. The van der Waals surface area contributed by atoms with Crippen LogP contribution in [0.15, 0.2) is 54.6 Å². The molecule has 142 valence electrons. The number of carbonyl (C=O) groups is 1. The molecular formula is C22H25NO4. The smallest absolute Gasteiger partial charge is 0.410 e. The van der Waals surface area contributed by atoms with Gasteiger partial charge in [-0.1, -0.05) is 30.3 Å². The van der Waals surface area contributed by atoms with Gasteiger partial charge in [-0.15, -0.1) is 0 Å². The maximum absolute atomic E-state index is 12.3. The van der Waals surface area contributed by atoms with Crippen molar-refractivity contribution in [2.75, 3.05) is 20.2 Å². The molecule has 1 saturated carbocycles. The van der Waals surface area contributed by atoms with Crippen LogP contribution in [-0.4, -0.2) is 37.3 Å². The number of methoxy groups -OCH3 is 1. The number of carbonyl (C=O) groups excluding carboxylic acids is 1. The minimum atomic E-state index is -0.208. The third-order valence-corrected chi connectivity index (χ3v) is 5.53. The van der Waals surface area contributed by atoms with Crippen LogP contribution in [0.4, 0.5) is 4.79 Å². The topological polar surface area (TPSA) is 48.0 Å². The number of hydrogen-bond acceptors (Lipinski definition) is 4. The molecule has 4 rings (SSSR count). The van der Waals surface area contributed by atoms with Crippen LogP contribution in [0.2, 0.25) is 0 Å². The zero-order valence-electron chi connectivity index (χ0n) is 15.5. The lowest BCUT2D eigenvalue weighted by molar-refractivity contribution is 0.0986. The van der Waals surface area contributed by atoms with E-state index in [9.17, 15) is 4.79 Å². The van der Waals surface area contributed by atoms with Crippen LogP contribution in [0.3, 0.4) is 0 Å². The summed E-state index contributed by atoms with van der Waals surface area (Å²) in [6.45, 7) is 1.86. The molecule has 0 bridgehead atoms. The van der Waals surface area contributed by atoms with Gasteiger partial charge >= 0.3 is 6.09 Å². The molecule has 0 aromatic heterocycles. The Morgan fingerprint density at radius 3 is 2.22 bits per heavy atom. The highest BCUT2D eigenvalue weighted by atomic mass is 16.6. The van der Waals surface area contributed by atoms with Gasteiger partial charge in [-0.3, -0.25) is 0 Å². The first-order valence-corrected chi connectivity index (χ1v) is 9.47. The van der Waals surface area contributed by atoms with Gasteiger partial charge in [0.1, 0.15) is 18.1 Å². The van der Waals surface area contributed by atoms with Crippen molar-refractivity contribution in [1.29, 1.82) is 0 Å². The van der Waals surface area contributed by atoms with Crippen molar-refractivity contribution in [1.82, 2.24) is 4.90 Å². The van der Waals surface area contributed by atoms with Gasteiger partial charge in [-0.2, -0.15) is 0 Å². The summed E-state index contributed by atoms with van der Waals surface area (Å²) >= 11 is 0. The fourth-order valence-corrected chi connectivity index (χ4v) is 4.15. The molecule has 1 aliphatic heterocycles. The van der Waals surface area contributed by atoms with E-state index < -0.39 is 0 Å². The van der Waals surface area contributed by atoms with Gasteiger partial charge in [0.25, 0.3) is 0 Å². The van der Waals surface area contributed by atoms with Crippen LogP contribution >= 0.6 is 0 Å². The van der Waals surface area contributed by atoms with E-state index in [2.05, 4.69) is 0 Å². The monoisotopic (exact) mass is 367 g/mol. The van der Waals surface area contributed by atoms with E-state index in [-0.39, 0.29) is 12.2 Å². The van der Waals surface area contributed by atoms with Crippen molar-refractivity contribution in [2.45, 2.75) is 25.6 Å². The van der Waals surface area contributed by atoms with E-state index in [0.29, 0.717) is 18.4 Å². The Hall–Kier alpha value is -2.69. The Labute approximate surface area is 159 Å². The van der Waals surface area contributed by atoms with Gasteiger partial charge in [-0.05, 0) is 54.5 Å². The summed E-state index contributed by atoms with van der Waals surface area (Å²) < 4.78 is 16.8. The van der Waals surface area contributed by atoms with Crippen LogP contribution in [0, 0.1) is 11.8 Å². The molecule has 1 saturated heterocycles. The molecule has 0 spiro atoms. The lowest BCUT2D eigenvalue weighted by Gasteiger charge is -2.20. The summed E-state index contributed by atoms with van der Waals surface area (Å²) in [6, 6.07) is 17.5. The molecule has 1 heterocycles. The summed E-state index contributed by atoms with van der Waals surface area (Å²) in [7, 11) is 1.66. The van der Waals surface area contributed by atoms with Crippen molar-refractivity contribution in [3.05, 3.63) is 60.2 Å². The highest BCUT2D eigenvalue weighted by Gasteiger charge is 2.43. The first-order chi connectivity index (χ1) is 13.2. The normalized spacial score (nSPS) is 23.7. The van der Waals surface area contributed by atoms with E-state index in [0.717, 1.165) is 43.0 Å². The second-order valence-corrected chi connectivity index (χ2v) is 7.35. The molecule has 2 aliphatic rings. The second-order valence-electron chi connectivity index (χ2n) is 7.35. The number of benzene rings is 2. The third-order valence-electron chi connectivity index (χ3n) is 5.53. The first kappa shape index (κ1) is 17.7. The Bertz CT molecular complexity index is 748. The number of likely N-dealkylation sites (tertiary alicyclic amines) is 1. The van der Waals surface area contributed by atoms with E-state index in [4.69, 9.17) is 14.2 Å². The van der Waals surface area contributed by atoms with E-state index in [1.54, 1.807) is 7.11 Å². The Morgan fingerprint density at radius 1 is 0.963 bits per heavy atom. The zero-order valence-corrected chi connectivity index (χ0v) is 15.5. The van der Waals surface area contributed by atoms with Crippen LogP contribution in [0.1, 0.15) is 18.4 Å². The Morgan fingerprint density at radius 2 is 1.59 bits per heavy atom. The lowest BCUT2D eigenvalue weighted by atomic mass is 10.0. The first-order valence-electron chi connectivity index (χ1n) is 9.47. The van der Waals surface area contributed by atoms with E-state index >= 15 is 0 Å². The molecule has 2 aromatic carbocycles. The number of ether oxygens (including phenoxy) is 3. The van der Waals surface area contributed by atoms with Crippen molar-refractivity contribution in [3.8, 4) is 11.5 Å². The van der Waals surface area contributed by atoms with E-state index in [1.807, 2.05) is 59.5 Å². The number of hydrogen-bond donors (Lipinski definition) is 0. The highest BCUT2D eigenvalue weighted by Crippen LogP contribution is 2.40. The van der Waals surface area contributed by atoms with Crippen LogP contribution in [-0.2, 0) is 11.3 Å². The number of amides is 1. The highest BCUT2D eigenvalue weighted by molar-refractivity contribution is 5.68. The minimum absolute atomic E-state index is 0.208. The average Bonchev–Trinajstić information content (AvgIpc) is 3.26. The van der Waals surface area contributed by atoms with E-state index in [1.165, 1.54) is 0 Å². The minimum Gasteiger partial charge on any atom is -0.497 e. The molecule has 1 unspecified atom stereocenters. The Balaban J connectivity index is 1.24. The maximum atomic E-state index is 12.3. The molecule has 27 heavy (non-hydrogen) atoms. The van der Waals surface area contributed by atoms with Crippen molar-refractivity contribution in [3.63, 3.8) is 0 Å². The summed E-state index contributed by atoms with van der Waals surface area (Å²) in [5, 5.41) is 0. The summed E-state index contributed by atoms with van der Waals surface area (Å²) in [5.74, 6) is 2.70. The number of fused-ring (bicyclic) bond motifs is 1. The fourth-order valence-electron chi connectivity index (χ4n) is 4.15. The third kappa shape index (κ3) is 4.18. The van der Waals surface area contributed by atoms with Gasteiger partial charge in [0, 0.05) is 13.1 Å². The predicted octanol–water partition coefficient (Wildman–Crippen LogP) is 4.12. The van der Waals surface area contributed by atoms with Gasteiger partial charge in [-0.25, -0.2) is 4.79 Å². The molecule has 1 amide bonds. The molecule has 3 atom stereocenters. The van der Waals surface area contributed by atoms with Crippen LogP contribution < -0.4 is 9.47 Å². The maximum Gasteiger partial charge on any atom is 0.410 e. The quantitative estimate of drug-likeness (QED) is 0.798. The van der Waals surface area contributed by atoms with Gasteiger partial charge in [0.15, 0.2) is 0 Å².